The zero-order chi connectivity index (χ0) is 10.7. The first-order valence-electron chi connectivity index (χ1n) is 4.83. The summed E-state index contributed by atoms with van der Waals surface area (Å²) in [5, 5.41) is 12.4. The molecule has 0 spiro atoms. The molecule has 1 aromatic carbocycles. The number of benzene rings is 1. The molecule has 15 heavy (non-hydrogen) atoms. The Morgan fingerprint density at radius 2 is 1.93 bits per heavy atom. The lowest BCUT2D eigenvalue weighted by molar-refractivity contribution is 0.475. The second-order valence-corrected chi connectivity index (χ2v) is 3.47. The van der Waals surface area contributed by atoms with Crippen LogP contribution in [0.15, 0.2) is 47.3 Å². The van der Waals surface area contributed by atoms with Gasteiger partial charge in [-0.1, -0.05) is 0 Å². The van der Waals surface area contributed by atoms with E-state index in [1.165, 1.54) is 0 Å². The van der Waals surface area contributed by atoms with Crippen LogP contribution in [-0.4, -0.2) is 5.11 Å². The standard InChI is InChI=1S/C12H13NO2/c1-9(10-6-7-15-8-10)13-11-2-4-12(14)5-3-11/h2-9,13-14H,1H3. The first-order chi connectivity index (χ1) is 7.25. The number of nitrogens with one attached hydrogen (secondary N) is 1. The second kappa shape index (κ2) is 4.09. The highest BCUT2D eigenvalue weighted by molar-refractivity contribution is 5.47. The monoisotopic (exact) mass is 203 g/mol. The van der Waals surface area contributed by atoms with E-state index in [1.54, 1.807) is 24.7 Å². The predicted molar refractivity (Wildman–Crippen MR) is 58.9 cm³/mol. The third-order valence-electron chi connectivity index (χ3n) is 2.29. The number of rotatable bonds is 3. The quantitative estimate of drug-likeness (QED) is 0.753. The van der Waals surface area contributed by atoms with Crippen molar-refractivity contribution >= 4 is 5.69 Å². The molecule has 1 aromatic heterocycles. The maximum atomic E-state index is 9.13. The maximum Gasteiger partial charge on any atom is 0.115 e. The van der Waals surface area contributed by atoms with Gasteiger partial charge in [0.2, 0.25) is 0 Å². The van der Waals surface area contributed by atoms with Crippen molar-refractivity contribution in [1.82, 2.24) is 0 Å². The molecule has 3 nitrogen and oxygen atoms in total. The summed E-state index contributed by atoms with van der Waals surface area (Å²) in [7, 11) is 0. The van der Waals surface area contributed by atoms with Gasteiger partial charge in [0.05, 0.1) is 18.6 Å². The van der Waals surface area contributed by atoms with Gasteiger partial charge in [0.1, 0.15) is 5.75 Å². The Balaban J connectivity index is 2.06. The first-order valence-corrected chi connectivity index (χ1v) is 4.83. The predicted octanol–water partition coefficient (Wildman–Crippen LogP) is 3.16. The molecule has 1 heterocycles. The fourth-order valence-corrected chi connectivity index (χ4v) is 1.41. The van der Waals surface area contributed by atoms with Gasteiger partial charge in [-0.2, -0.15) is 0 Å². The Morgan fingerprint density at radius 3 is 2.53 bits per heavy atom. The van der Waals surface area contributed by atoms with Crippen molar-refractivity contribution in [3.05, 3.63) is 48.4 Å². The third kappa shape index (κ3) is 2.31. The number of aromatic hydroxyl groups is 1. The number of anilines is 1. The van der Waals surface area contributed by atoms with Gasteiger partial charge in [0, 0.05) is 11.3 Å². The number of hydrogen-bond acceptors (Lipinski definition) is 3. The van der Waals surface area contributed by atoms with Crippen molar-refractivity contribution in [3.63, 3.8) is 0 Å². The average molecular weight is 203 g/mol. The molecule has 0 radical (unpaired) electrons. The summed E-state index contributed by atoms with van der Waals surface area (Å²) < 4.78 is 5.01. The van der Waals surface area contributed by atoms with Gasteiger partial charge in [0.25, 0.3) is 0 Å². The van der Waals surface area contributed by atoms with Gasteiger partial charge in [0.15, 0.2) is 0 Å². The minimum Gasteiger partial charge on any atom is -0.508 e. The van der Waals surface area contributed by atoms with Gasteiger partial charge in [-0.15, -0.1) is 0 Å². The van der Waals surface area contributed by atoms with E-state index in [4.69, 9.17) is 9.52 Å². The van der Waals surface area contributed by atoms with Crippen molar-refractivity contribution in [2.24, 2.45) is 0 Å². The van der Waals surface area contributed by atoms with Gasteiger partial charge in [-0.05, 0) is 37.3 Å². The van der Waals surface area contributed by atoms with E-state index in [-0.39, 0.29) is 11.8 Å². The molecular weight excluding hydrogens is 190 g/mol. The largest absolute Gasteiger partial charge is 0.508 e. The molecule has 0 amide bonds. The molecule has 0 aliphatic rings. The maximum absolute atomic E-state index is 9.13. The lowest BCUT2D eigenvalue weighted by Gasteiger charge is -2.13. The minimum absolute atomic E-state index is 0.188. The summed E-state index contributed by atoms with van der Waals surface area (Å²) in [6.45, 7) is 2.05. The molecule has 0 aliphatic carbocycles. The lowest BCUT2D eigenvalue weighted by atomic mass is 10.1. The molecule has 0 aliphatic heterocycles. The van der Waals surface area contributed by atoms with Crippen LogP contribution in [0.5, 0.6) is 5.75 Å². The zero-order valence-electron chi connectivity index (χ0n) is 8.47. The summed E-state index contributed by atoms with van der Waals surface area (Å²) in [5.41, 5.74) is 2.07. The van der Waals surface area contributed by atoms with Crippen LogP contribution >= 0.6 is 0 Å². The van der Waals surface area contributed by atoms with E-state index in [1.807, 2.05) is 18.2 Å². The van der Waals surface area contributed by atoms with Crippen LogP contribution in [0.1, 0.15) is 18.5 Å². The Hall–Kier alpha value is -1.90. The molecule has 0 fully saturated rings. The van der Waals surface area contributed by atoms with Crippen LogP contribution in [0.25, 0.3) is 0 Å². The molecule has 0 bridgehead atoms. The molecule has 1 atom stereocenters. The number of hydrogen-bond donors (Lipinski definition) is 2. The molecule has 1 unspecified atom stereocenters. The van der Waals surface area contributed by atoms with Crippen molar-refractivity contribution in [2.75, 3.05) is 5.32 Å². The van der Waals surface area contributed by atoms with E-state index in [9.17, 15) is 0 Å². The van der Waals surface area contributed by atoms with Crippen molar-refractivity contribution in [3.8, 4) is 5.75 Å². The second-order valence-electron chi connectivity index (χ2n) is 3.47. The first kappa shape index (κ1) is 9.65. The highest BCUT2D eigenvalue weighted by atomic mass is 16.3. The Morgan fingerprint density at radius 1 is 1.20 bits per heavy atom. The summed E-state index contributed by atoms with van der Waals surface area (Å²) in [6.07, 6.45) is 3.38. The average Bonchev–Trinajstić information content (AvgIpc) is 2.74. The molecule has 78 valence electrons. The van der Waals surface area contributed by atoms with E-state index >= 15 is 0 Å². The van der Waals surface area contributed by atoms with Crippen LogP contribution < -0.4 is 5.32 Å². The summed E-state index contributed by atoms with van der Waals surface area (Å²) in [6, 6.07) is 9.11. The van der Waals surface area contributed by atoms with E-state index in [0.717, 1.165) is 11.3 Å². The Kier molecular flexibility index (Phi) is 2.63. The van der Waals surface area contributed by atoms with Crippen LogP contribution in [-0.2, 0) is 0 Å². The number of phenols is 1. The van der Waals surface area contributed by atoms with E-state index in [2.05, 4.69) is 12.2 Å². The van der Waals surface area contributed by atoms with Crippen LogP contribution in [0.2, 0.25) is 0 Å². The van der Waals surface area contributed by atoms with Gasteiger partial charge < -0.3 is 14.8 Å². The minimum atomic E-state index is 0.188. The fourth-order valence-electron chi connectivity index (χ4n) is 1.41. The molecule has 2 aromatic rings. The zero-order valence-corrected chi connectivity index (χ0v) is 8.47. The molecular formula is C12H13NO2. The Bertz CT molecular complexity index is 406. The summed E-state index contributed by atoms with van der Waals surface area (Å²) in [4.78, 5) is 0. The molecule has 3 heteroatoms. The van der Waals surface area contributed by atoms with Gasteiger partial charge in [-0.25, -0.2) is 0 Å². The van der Waals surface area contributed by atoms with E-state index in [0.29, 0.717) is 0 Å². The Labute approximate surface area is 88.4 Å². The van der Waals surface area contributed by atoms with Crippen molar-refractivity contribution in [1.29, 1.82) is 0 Å². The van der Waals surface area contributed by atoms with Gasteiger partial charge in [-0.3, -0.25) is 0 Å². The molecule has 0 saturated carbocycles. The molecule has 0 saturated heterocycles. The SMILES string of the molecule is CC(Nc1ccc(O)cc1)c1ccoc1. The van der Waals surface area contributed by atoms with Crippen molar-refractivity contribution in [2.45, 2.75) is 13.0 Å². The normalized spacial score (nSPS) is 12.3. The van der Waals surface area contributed by atoms with Crippen LogP contribution in [0.3, 0.4) is 0 Å². The smallest absolute Gasteiger partial charge is 0.115 e. The highest BCUT2D eigenvalue weighted by Crippen LogP contribution is 2.20. The lowest BCUT2D eigenvalue weighted by Crippen LogP contribution is -2.04. The third-order valence-corrected chi connectivity index (χ3v) is 2.29. The summed E-state index contributed by atoms with van der Waals surface area (Å²) in [5.74, 6) is 0.275. The van der Waals surface area contributed by atoms with Crippen LogP contribution in [0, 0.1) is 0 Å². The molecule has 2 N–H and O–H groups in total. The van der Waals surface area contributed by atoms with Gasteiger partial charge >= 0.3 is 0 Å². The van der Waals surface area contributed by atoms with E-state index < -0.39 is 0 Å². The highest BCUT2D eigenvalue weighted by Gasteiger charge is 2.05. The topological polar surface area (TPSA) is 45.4 Å². The van der Waals surface area contributed by atoms with Crippen molar-refractivity contribution < 1.29 is 9.52 Å². The van der Waals surface area contributed by atoms with Crippen LogP contribution in [0.4, 0.5) is 5.69 Å². The fraction of sp³-hybridized carbons (Fsp3) is 0.167. The number of phenolic OH excluding ortho intramolecular Hbond substituents is 1. The summed E-state index contributed by atoms with van der Waals surface area (Å²) >= 11 is 0. The number of furan rings is 1. The molecule has 2 rings (SSSR count).